The number of ether oxygens (including phenoxy) is 1. The van der Waals surface area contributed by atoms with Crippen molar-refractivity contribution in [2.75, 3.05) is 6.61 Å². The molecule has 2 aliphatic rings. The summed E-state index contributed by atoms with van der Waals surface area (Å²) in [7, 11) is 0. The Morgan fingerprint density at radius 3 is 2.65 bits per heavy atom. The maximum absolute atomic E-state index is 12.8. The molecule has 1 saturated carbocycles. The van der Waals surface area contributed by atoms with Gasteiger partial charge in [-0.2, -0.15) is 0 Å². The zero-order valence-corrected chi connectivity index (χ0v) is 16.0. The number of fused-ring (bicyclic) bond motifs is 1. The van der Waals surface area contributed by atoms with Crippen molar-refractivity contribution in [2.45, 2.75) is 51.9 Å². The Bertz CT molecular complexity index is 764. The molecular weight excluding hydrogens is 350 g/mol. The second-order valence-electron chi connectivity index (χ2n) is 6.92. The predicted molar refractivity (Wildman–Crippen MR) is 103 cm³/mol. The topological polar surface area (TPSA) is 55.7 Å². The molecule has 1 fully saturated rings. The van der Waals surface area contributed by atoms with E-state index >= 15 is 0 Å². The highest BCUT2D eigenvalue weighted by molar-refractivity contribution is 6.30. The minimum absolute atomic E-state index is 0.154. The summed E-state index contributed by atoms with van der Waals surface area (Å²) >= 11 is 6.03. The molecule has 26 heavy (non-hydrogen) atoms. The Hall–Kier alpha value is -1.94. The molecule has 0 amide bonds. The van der Waals surface area contributed by atoms with Crippen molar-refractivity contribution >= 4 is 29.1 Å². The Balaban J connectivity index is 2.03. The van der Waals surface area contributed by atoms with Crippen molar-refractivity contribution in [3.63, 3.8) is 0 Å². The van der Waals surface area contributed by atoms with Gasteiger partial charge < -0.3 is 4.74 Å². The van der Waals surface area contributed by atoms with Crippen LogP contribution in [0.4, 0.5) is 0 Å². The van der Waals surface area contributed by atoms with E-state index < -0.39 is 0 Å². The van der Waals surface area contributed by atoms with E-state index in [1.54, 1.807) is 12.1 Å². The SMILES string of the molecule is CCCCOC(=O)C1=C(C)N=C2CCCC(=O)C2C1c1ccc(Cl)cc1. The number of halogens is 1. The lowest BCUT2D eigenvalue weighted by molar-refractivity contribution is -0.139. The summed E-state index contributed by atoms with van der Waals surface area (Å²) in [5.41, 5.74) is 2.97. The first-order chi connectivity index (χ1) is 12.5. The van der Waals surface area contributed by atoms with Crippen LogP contribution in [0.5, 0.6) is 0 Å². The molecule has 1 aliphatic carbocycles. The molecule has 0 aromatic heterocycles. The minimum Gasteiger partial charge on any atom is -0.462 e. The molecule has 1 aliphatic heterocycles. The molecule has 0 bridgehead atoms. The Morgan fingerprint density at radius 2 is 1.96 bits per heavy atom. The highest BCUT2D eigenvalue weighted by atomic mass is 35.5. The summed E-state index contributed by atoms with van der Waals surface area (Å²) in [5.74, 6) is -0.928. The van der Waals surface area contributed by atoms with Gasteiger partial charge in [-0.1, -0.05) is 37.1 Å². The smallest absolute Gasteiger partial charge is 0.336 e. The van der Waals surface area contributed by atoms with Crippen molar-refractivity contribution < 1.29 is 14.3 Å². The molecule has 2 unspecified atom stereocenters. The van der Waals surface area contributed by atoms with E-state index in [-0.39, 0.29) is 23.6 Å². The normalized spacial score (nSPS) is 22.7. The second kappa shape index (κ2) is 8.17. The molecule has 2 atom stereocenters. The first-order valence-electron chi connectivity index (χ1n) is 9.26. The first kappa shape index (κ1) is 18.8. The quantitative estimate of drug-likeness (QED) is 0.546. The van der Waals surface area contributed by atoms with Gasteiger partial charge in [0.2, 0.25) is 0 Å². The Kier molecular flexibility index (Phi) is 5.92. The van der Waals surface area contributed by atoms with E-state index in [4.69, 9.17) is 16.3 Å². The maximum atomic E-state index is 12.8. The average molecular weight is 374 g/mol. The van der Waals surface area contributed by atoms with Crippen molar-refractivity contribution in [2.24, 2.45) is 10.9 Å². The fraction of sp³-hybridized carbons (Fsp3) is 0.476. The van der Waals surface area contributed by atoms with Gasteiger partial charge in [-0.15, -0.1) is 0 Å². The third-order valence-corrected chi connectivity index (χ3v) is 5.34. The van der Waals surface area contributed by atoms with Gasteiger partial charge in [0, 0.05) is 28.8 Å². The number of Topliss-reactive ketones (excluding diaryl/α,β-unsaturated/α-hetero) is 1. The van der Waals surface area contributed by atoms with Crippen LogP contribution in [0.3, 0.4) is 0 Å². The summed E-state index contributed by atoms with van der Waals surface area (Å²) in [6.45, 7) is 4.27. The van der Waals surface area contributed by atoms with Crippen LogP contribution in [-0.4, -0.2) is 24.1 Å². The molecule has 0 spiro atoms. The highest BCUT2D eigenvalue weighted by Gasteiger charge is 2.43. The molecule has 4 nitrogen and oxygen atoms in total. The lowest BCUT2D eigenvalue weighted by Gasteiger charge is -2.35. The zero-order valence-electron chi connectivity index (χ0n) is 15.3. The standard InChI is InChI=1S/C21H24ClNO3/c1-3-4-12-26-21(25)18-13(2)23-16-6-5-7-17(24)20(16)19(18)14-8-10-15(22)11-9-14/h8-11,19-20H,3-7,12H2,1-2H3. The molecule has 1 heterocycles. The Morgan fingerprint density at radius 1 is 1.23 bits per heavy atom. The second-order valence-corrected chi connectivity index (χ2v) is 7.35. The van der Waals surface area contributed by atoms with Crippen molar-refractivity contribution in [1.29, 1.82) is 0 Å². The van der Waals surface area contributed by atoms with Crippen LogP contribution in [0.15, 0.2) is 40.5 Å². The number of hydrogen-bond donors (Lipinski definition) is 0. The van der Waals surface area contributed by atoms with E-state index in [1.165, 1.54) is 0 Å². The van der Waals surface area contributed by atoms with Crippen LogP contribution in [0.1, 0.15) is 57.4 Å². The number of carbonyl (C=O) groups is 2. The molecular formula is C21H24ClNO3. The molecule has 0 saturated heterocycles. The van der Waals surface area contributed by atoms with Gasteiger partial charge in [-0.25, -0.2) is 4.79 Å². The number of ketones is 1. The van der Waals surface area contributed by atoms with Gasteiger partial charge >= 0.3 is 5.97 Å². The van der Waals surface area contributed by atoms with Crippen LogP contribution in [0.25, 0.3) is 0 Å². The summed E-state index contributed by atoms with van der Waals surface area (Å²) < 4.78 is 5.48. The van der Waals surface area contributed by atoms with Crippen LogP contribution < -0.4 is 0 Å². The molecule has 3 rings (SSSR count). The third kappa shape index (κ3) is 3.75. The lowest BCUT2D eigenvalue weighted by Crippen LogP contribution is -2.39. The third-order valence-electron chi connectivity index (χ3n) is 5.09. The van der Waals surface area contributed by atoms with Gasteiger partial charge in [-0.3, -0.25) is 9.79 Å². The van der Waals surface area contributed by atoms with Crippen LogP contribution in [0, 0.1) is 5.92 Å². The van der Waals surface area contributed by atoms with Crippen LogP contribution in [-0.2, 0) is 14.3 Å². The number of esters is 1. The minimum atomic E-state index is -0.373. The van der Waals surface area contributed by atoms with Gasteiger partial charge in [0.15, 0.2) is 0 Å². The number of allylic oxidation sites excluding steroid dienone is 1. The first-order valence-corrected chi connectivity index (χ1v) is 9.64. The number of unbranched alkanes of at least 4 members (excludes halogenated alkanes) is 1. The van der Waals surface area contributed by atoms with Crippen molar-refractivity contribution in [1.82, 2.24) is 0 Å². The molecule has 138 valence electrons. The lowest BCUT2D eigenvalue weighted by atomic mass is 9.69. The molecule has 0 radical (unpaired) electrons. The van der Waals surface area contributed by atoms with Gasteiger partial charge in [0.05, 0.1) is 18.1 Å². The van der Waals surface area contributed by atoms with E-state index in [0.29, 0.717) is 29.3 Å². The molecule has 5 heteroatoms. The van der Waals surface area contributed by atoms with Gasteiger partial charge in [0.25, 0.3) is 0 Å². The highest BCUT2D eigenvalue weighted by Crippen LogP contribution is 2.43. The van der Waals surface area contributed by atoms with E-state index in [0.717, 1.165) is 37.0 Å². The maximum Gasteiger partial charge on any atom is 0.336 e. The summed E-state index contributed by atoms with van der Waals surface area (Å²) in [4.78, 5) is 30.2. The van der Waals surface area contributed by atoms with E-state index in [1.807, 2.05) is 26.0 Å². The van der Waals surface area contributed by atoms with Crippen LogP contribution in [0.2, 0.25) is 5.02 Å². The Labute approximate surface area is 159 Å². The van der Waals surface area contributed by atoms with Crippen LogP contribution >= 0.6 is 11.6 Å². The van der Waals surface area contributed by atoms with Gasteiger partial charge in [-0.05, 0) is 43.9 Å². The summed E-state index contributed by atoms with van der Waals surface area (Å²) in [5, 5.41) is 0.626. The summed E-state index contributed by atoms with van der Waals surface area (Å²) in [6.07, 6.45) is 3.93. The number of hydrogen-bond acceptors (Lipinski definition) is 4. The number of aliphatic imine (C=N–C) groups is 1. The van der Waals surface area contributed by atoms with Crippen molar-refractivity contribution in [3.8, 4) is 0 Å². The number of nitrogens with zero attached hydrogens (tertiary/aromatic N) is 1. The zero-order chi connectivity index (χ0) is 18.7. The average Bonchev–Trinajstić information content (AvgIpc) is 2.61. The number of rotatable bonds is 5. The predicted octanol–water partition coefficient (Wildman–Crippen LogP) is 4.86. The number of carbonyl (C=O) groups excluding carboxylic acids is 2. The number of benzene rings is 1. The molecule has 1 aromatic carbocycles. The summed E-state index contributed by atoms with van der Waals surface area (Å²) in [6, 6.07) is 7.38. The fourth-order valence-electron chi connectivity index (χ4n) is 3.80. The van der Waals surface area contributed by atoms with Crippen molar-refractivity contribution in [3.05, 3.63) is 46.1 Å². The monoisotopic (exact) mass is 373 g/mol. The van der Waals surface area contributed by atoms with E-state index in [9.17, 15) is 9.59 Å². The molecule has 0 N–H and O–H groups in total. The fourth-order valence-corrected chi connectivity index (χ4v) is 3.93. The van der Waals surface area contributed by atoms with E-state index in [2.05, 4.69) is 4.99 Å². The molecule has 1 aromatic rings. The van der Waals surface area contributed by atoms with Gasteiger partial charge in [0.1, 0.15) is 5.78 Å². The largest absolute Gasteiger partial charge is 0.462 e.